The summed E-state index contributed by atoms with van der Waals surface area (Å²) in [5.74, 6) is 0.332. The summed E-state index contributed by atoms with van der Waals surface area (Å²) in [6.45, 7) is 8.02. The molecule has 0 radical (unpaired) electrons. The normalized spacial score (nSPS) is 23.3. The van der Waals surface area contributed by atoms with E-state index in [4.69, 9.17) is 0 Å². The number of fused-ring (bicyclic) bond motifs is 1. The summed E-state index contributed by atoms with van der Waals surface area (Å²) >= 11 is 0. The van der Waals surface area contributed by atoms with Gasteiger partial charge >= 0.3 is 0 Å². The van der Waals surface area contributed by atoms with Gasteiger partial charge in [-0.05, 0) is 42.2 Å². The number of hydrogen-bond acceptors (Lipinski definition) is 3. The largest absolute Gasteiger partial charge is 0.508 e. The summed E-state index contributed by atoms with van der Waals surface area (Å²) in [6.07, 6.45) is 0.725. The SMILES string of the molecule is Cc1cc(O)cc2c1CC(NC(C)C)C(=O)C2C. The number of Topliss-reactive ketones (excluding diaryl/α,β-unsaturated/α-hetero) is 1. The number of hydrogen-bond donors (Lipinski definition) is 2. The van der Waals surface area contributed by atoms with Crippen LogP contribution in [0.2, 0.25) is 0 Å². The van der Waals surface area contributed by atoms with Crippen molar-refractivity contribution in [3.8, 4) is 5.75 Å². The Morgan fingerprint density at radius 1 is 1.39 bits per heavy atom. The van der Waals surface area contributed by atoms with Crippen LogP contribution in [0, 0.1) is 6.92 Å². The molecule has 0 amide bonds. The van der Waals surface area contributed by atoms with Gasteiger partial charge in [-0.3, -0.25) is 4.79 Å². The molecule has 2 N–H and O–H groups in total. The number of carbonyl (C=O) groups is 1. The number of phenolic OH excluding ortho intramolecular Hbond substituents is 1. The molecule has 98 valence electrons. The van der Waals surface area contributed by atoms with E-state index in [2.05, 4.69) is 19.2 Å². The van der Waals surface area contributed by atoms with Gasteiger partial charge in [-0.2, -0.15) is 0 Å². The number of nitrogens with one attached hydrogen (secondary N) is 1. The first-order chi connectivity index (χ1) is 8.40. The number of aromatic hydroxyl groups is 1. The van der Waals surface area contributed by atoms with E-state index in [-0.39, 0.29) is 23.5 Å². The highest BCUT2D eigenvalue weighted by Gasteiger charge is 2.33. The zero-order chi connectivity index (χ0) is 13.4. The molecule has 1 aliphatic rings. The first-order valence-corrected chi connectivity index (χ1v) is 6.52. The van der Waals surface area contributed by atoms with E-state index < -0.39 is 0 Å². The lowest BCUT2D eigenvalue weighted by molar-refractivity contribution is -0.122. The third kappa shape index (κ3) is 2.27. The Hall–Kier alpha value is -1.35. The summed E-state index contributed by atoms with van der Waals surface area (Å²) in [7, 11) is 0. The highest BCUT2D eigenvalue weighted by atomic mass is 16.3. The predicted molar refractivity (Wildman–Crippen MR) is 72.0 cm³/mol. The second kappa shape index (κ2) is 4.73. The maximum absolute atomic E-state index is 12.3. The van der Waals surface area contributed by atoms with Crippen LogP contribution in [0.3, 0.4) is 0 Å². The molecule has 0 heterocycles. The number of ketones is 1. The number of benzene rings is 1. The molecule has 1 aromatic rings. The molecule has 3 nitrogen and oxygen atoms in total. The van der Waals surface area contributed by atoms with Gasteiger partial charge in [0.2, 0.25) is 0 Å². The number of aryl methyl sites for hydroxylation is 1. The fourth-order valence-electron chi connectivity index (χ4n) is 2.79. The van der Waals surface area contributed by atoms with Gasteiger partial charge in [-0.15, -0.1) is 0 Å². The average Bonchev–Trinajstić information content (AvgIpc) is 2.26. The van der Waals surface area contributed by atoms with Crippen LogP contribution in [0.25, 0.3) is 0 Å². The van der Waals surface area contributed by atoms with Crippen molar-refractivity contribution in [1.82, 2.24) is 5.32 Å². The van der Waals surface area contributed by atoms with E-state index in [1.54, 1.807) is 12.1 Å². The smallest absolute Gasteiger partial charge is 0.157 e. The Kier molecular flexibility index (Phi) is 3.44. The predicted octanol–water partition coefficient (Wildman–Crippen LogP) is 2.30. The lowest BCUT2D eigenvalue weighted by atomic mass is 9.78. The minimum absolute atomic E-state index is 0.101. The Morgan fingerprint density at radius 3 is 2.67 bits per heavy atom. The Labute approximate surface area is 108 Å². The first-order valence-electron chi connectivity index (χ1n) is 6.52. The van der Waals surface area contributed by atoms with Crippen molar-refractivity contribution in [2.45, 2.75) is 52.1 Å². The van der Waals surface area contributed by atoms with Crippen molar-refractivity contribution in [2.75, 3.05) is 0 Å². The van der Waals surface area contributed by atoms with Gasteiger partial charge in [0, 0.05) is 12.0 Å². The van der Waals surface area contributed by atoms with Crippen molar-refractivity contribution < 1.29 is 9.90 Å². The molecule has 3 heteroatoms. The molecular formula is C15H21NO2. The Bertz CT molecular complexity index is 480. The van der Waals surface area contributed by atoms with Gasteiger partial charge in [-0.25, -0.2) is 0 Å². The summed E-state index contributed by atoms with van der Waals surface area (Å²) in [5, 5.41) is 13.0. The van der Waals surface area contributed by atoms with Crippen LogP contribution in [0.15, 0.2) is 12.1 Å². The monoisotopic (exact) mass is 247 g/mol. The fraction of sp³-hybridized carbons (Fsp3) is 0.533. The van der Waals surface area contributed by atoms with Crippen LogP contribution < -0.4 is 5.32 Å². The third-order valence-corrected chi connectivity index (χ3v) is 3.67. The molecule has 0 spiro atoms. The lowest BCUT2D eigenvalue weighted by Gasteiger charge is -2.31. The molecule has 0 saturated carbocycles. The zero-order valence-electron chi connectivity index (χ0n) is 11.4. The molecular weight excluding hydrogens is 226 g/mol. The van der Waals surface area contributed by atoms with Crippen LogP contribution in [-0.4, -0.2) is 23.0 Å². The van der Waals surface area contributed by atoms with Crippen LogP contribution in [-0.2, 0) is 11.2 Å². The minimum Gasteiger partial charge on any atom is -0.508 e. The molecule has 0 saturated heterocycles. The molecule has 18 heavy (non-hydrogen) atoms. The van der Waals surface area contributed by atoms with Gasteiger partial charge in [0.15, 0.2) is 5.78 Å². The van der Waals surface area contributed by atoms with Gasteiger partial charge in [0.05, 0.1) is 6.04 Å². The standard InChI is InChI=1S/C15H21NO2/c1-8(2)16-14-7-12-9(3)5-11(17)6-13(12)10(4)15(14)18/h5-6,8,10,14,16-17H,7H2,1-4H3. The van der Waals surface area contributed by atoms with E-state index in [1.807, 2.05) is 13.8 Å². The van der Waals surface area contributed by atoms with E-state index in [0.29, 0.717) is 6.04 Å². The molecule has 2 rings (SSSR count). The molecule has 0 fully saturated rings. The molecule has 1 aromatic carbocycles. The van der Waals surface area contributed by atoms with E-state index in [1.165, 1.54) is 5.56 Å². The van der Waals surface area contributed by atoms with Crippen molar-refractivity contribution in [1.29, 1.82) is 0 Å². The summed E-state index contributed by atoms with van der Waals surface area (Å²) in [4.78, 5) is 12.3. The highest BCUT2D eigenvalue weighted by Crippen LogP contribution is 2.34. The van der Waals surface area contributed by atoms with Crippen LogP contribution >= 0.6 is 0 Å². The third-order valence-electron chi connectivity index (χ3n) is 3.67. The van der Waals surface area contributed by atoms with Crippen molar-refractivity contribution in [3.05, 3.63) is 28.8 Å². The summed E-state index contributed by atoms with van der Waals surface area (Å²) in [5.41, 5.74) is 3.26. The van der Waals surface area contributed by atoms with Crippen molar-refractivity contribution in [3.63, 3.8) is 0 Å². The van der Waals surface area contributed by atoms with Crippen LogP contribution in [0.4, 0.5) is 0 Å². The fourth-order valence-corrected chi connectivity index (χ4v) is 2.79. The second-order valence-corrected chi connectivity index (χ2v) is 5.53. The van der Waals surface area contributed by atoms with Gasteiger partial charge < -0.3 is 10.4 Å². The lowest BCUT2D eigenvalue weighted by Crippen LogP contribution is -2.46. The van der Waals surface area contributed by atoms with Crippen LogP contribution in [0.1, 0.15) is 43.4 Å². The highest BCUT2D eigenvalue weighted by molar-refractivity contribution is 5.92. The Balaban J connectivity index is 2.41. The maximum atomic E-state index is 12.3. The quantitative estimate of drug-likeness (QED) is 0.843. The maximum Gasteiger partial charge on any atom is 0.157 e. The molecule has 2 unspecified atom stereocenters. The molecule has 2 atom stereocenters. The number of carbonyl (C=O) groups excluding carboxylic acids is 1. The summed E-state index contributed by atoms with van der Waals surface area (Å²) < 4.78 is 0. The zero-order valence-corrected chi connectivity index (χ0v) is 11.4. The van der Waals surface area contributed by atoms with Gasteiger partial charge in [0.25, 0.3) is 0 Å². The Morgan fingerprint density at radius 2 is 2.06 bits per heavy atom. The minimum atomic E-state index is -0.143. The van der Waals surface area contributed by atoms with Crippen molar-refractivity contribution in [2.24, 2.45) is 0 Å². The second-order valence-electron chi connectivity index (χ2n) is 5.53. The van der Waals surface area contributed by atoms with Gasteiger partial charge in [-0.1, -0.05) is 20.8 Å². The average molecular weight is 247 g/mol. The topological polar surface area (TPSA) is 49.3 Å². The molecule has 0 aromatic heterocycles. The van der Waals surface area contributed by atoms with E-state index in [0.717, 1.165) is 17.5 Å². The first kappa shape index (κ1) is 13.1. The molecule has 0 aliphatic heterocycles. The van der Waals surface area contributed by atoms with Gasteiger partial charge in [0.1, 0.15) is 5.75 Å². The molecule has 0 bridgehead atoms. The summed E-state index contributed by atoms with van der Waals surface area (Å²) in [6, 6.07) is 3.70. The number of rotatable bonds is 2. The van der Waals surface area contributed by atoms with E-state index in [9.17, 15) is 9.90 Å². The van der Waals surface area contributed by atoms with Crippen molar-refractivity contribution >= 4 is 5.78 Å². The van der Waals surface area contributed by atoms with E-state index >= 15 is 0 Å². The number of phenols is 1. The molecule has 1 aliphatic carbocycles. The van der Waals surface area contributed by atoms with Crippen LogP contribution in [0.5, 0.6) is 5.75 Å².